The zero-order valence-electron chi connectivity index (χ0n) is 24.8. The smallest absolute Gasteiger partial charge is 0.251 e. The van der Waals surface area contributed by atoms with Gasteiger partial charge in [0.1, 0.15) is 0 Å². The lowest BCUT2D eigenvalue weighted by Gasteiger charge is -2.21. The zero-order chi connectivity index (χ0) is 28.9. The Hall–Kier alpha value is -3.09. The van der Waals surface area contributed by atoms with Crippen LogP contribution in [0.3, 0.4) is 0 Å². The van der Waals surface area contributed by atoms with E-state index in [2.05, 4.69) is 37.6 Å². The third kappa shape index (κ3) is 12.9. The Balaban J connectivity index is 0.00000114. The van der Waals surface area contributed by atoms with Crippen molar-refractivity contribution in [1.82, 2.24) is 10.6 Å². The molecule has 1 fully saturated rings. The van der Waals surface area contributed by atoms with Crippen LogP contribution in [0.5, 0.6) is 0 Å². The molecule has 1 amide bonds. The van der Waals surface area contributed by atoms with Crippen molar-refractivity contribution in [3.8, 4) is 0 Å². The molecule has 0 radical (unpaired) electrons. The standard InChI is InChI=1S/C23H32N4O.C7H15N.C2H6/c1-6-9-15-26-23(28)19-11-13-20(14-12-19)27(25)16-22(24)18(5)21(10-7-2)17(4)8-3;1-2-7-5-3-4-6-8-7;1-2/h7-8,10-14,16H,2,5-6,9,15,24-25H2,1,3-4H3,(H,26,28);7-8H,2-6H2,1H3;1-2H3/b17-8-,21-10+,22-16-;;. The Kier molecular flexibility index (Phi) is 19.2. The summed E-state index contributed by atoms with van der Waals surface area (Å²) in [5.74, 6) is 6.03. The molecule has 1 aliphatic rings. The van der Waals surface area contributed by atoms with Crippen molar-refractivity contribution in [2.24, 2.45) is 11.6 Å². The second-order valence-corrected chi connectivity index (χ2v) is 8.97. The van der Waals surface area contributed by atoms with Crippen LogP contribution in [0.4, 0.5) is 5.69 Å². The van der Waals surface area contributed by atoms with Gasteiger partial charge < -0.3 is 16.4 Å². The van der Waals surface area contributed by atoms with Crippen molar-refractivity contribution in [3.05, 3.63) is 89.8 Å². The predicted octanol–water partition coefficient (Wildman–Crippen LogP) is 6.90. The number of benzene rings is 1. The number of anilines is 1. The van der Waals surface area contributed by atoms with Gasteiger partial charge in [-0.2, -0.15) is 0 Å². The Morgan fingerprint density at radius 2 is 1.87 bits per heavy atom. The molecule has 38 heavy (non-hydrogen) atoms. The van der Waals surface area contributed by atoms with Crippen molar-refractivity contribution in [1.29, 1.82) is 0 Å². The van der Waals surface area contributed by atoms with Crippen LogP contribution < -0.4 is 27.2 Å². The fraction of sp³-hybridized carbons (Fsp3) is 0.469. The molecule has 0 spiro atoms. The second-order valence-electron chi connectivity index (χ2n) is 8.97. The Morgan fingerprint density at radius 1 is 1.21 bits per heavy atom. The van der Waals surface area contributed by atoms with Gasteiger partial charge in [0.15, 0.2) is 0 Å². The number of carbonyl (C=O) groups excluding carboxylic acids is 1. The van der Waals surface area contributed by atoms with E-state index in [4.69, 9.17) is 11.6 Å². The summed E-state index contributed by atoms with van der Waals surface area (Å²) in [6.45, 7) is 22.0. The van der Waals surface area contributed by atoms with Crippen molar-refractivity contribution in [3.63, 3.8) is 0 Å². The monoisotopic (exact) mass is 523 g/mol. The first-order chi connectivity index (χ1) is 18.3. The highest BCUT2D eigenvalue weighted by molar-refractivity contribution is 5.94. The molecule has 0 aromatic heterocycles. The molecule has 0 bridgehead atoms. The van der Waals surface area contributed by atoms with E-state index in [0.29, 0.717) is 29.1 Å². The van der Waals surface area contributed by atoms with Gasteiger partial charge in [-0.3, -0.25) is 9.80 Å². The number of unbranched alkanes of at least 4 members (excludes halogenated alkanes) is 1. The van der Waals surface area contributed by atoms with Crippen LogP contribution in [0.1, 0.15) is 90.4 Å². The number of rotatable bonds is 11. The fourth-order valence-corrected chi connectivity index (χ4v) is 3.74. The van der Waals surface area contributed by atoms with E-state index in [1.54, 1.807) is 36.5 Å². The van der Waals surface area contributed by atoms with Gasteiger partial charge >= 0.3 is 0 Å². The first-order valence-corrected chi connectivity index (χ1v) is 14.1. The molecule has 6 heteroatoms. The van der Waals surface area contributed by atoms with Gasteiger partial charge in [-0.1, -0.05) is 71.9 Å². The average molecular weight is 524 g/mol. The predicted molar refractivity (Wildman–Crippen MR) is 167 cm³/mol. The average Bonchev–Trinajstić information content (AvgIpc) is 2.97. The summed E-state index contributed by atoms with van der Waals surface area (Å²) in [7, 11) is 0. The van der Waals surface area contributed by atoms with E-state index >= 15 is 0 Å². The number of carbonyl (C=O) groups is 1. The molecule has 1 saturated heterocycles. The summed E-state index contributed by atoms with van der Waals surface area (Å²) in [6, 6.07) is 7.87. The summed E-state index contributed by atoms with van der Waals surface area (Å²) in [5, 5.41) is 7.77. The highest BCUT2D eigenvalue weighted by Gasteiger charge is 2.10. The number of nitrogens with one attached hydrogen (secondary N) is 2. The van der Waals surface area contributed by atoms with E-state index in [9.17, 15) is 4.79 Å². The first kappa shape index (κ1) is 34.9. The molecule has 1 atom stereocenters. The van der Waals surface area contributed by atoms with Crippen LogP contribution in [-0.4, -0.2) is 25.0 Å². The summed E-state index contributed by atoms with van der Waals surface area (Å²) in [6.07, 6.45) is 14.7. The maximum atomic E-state index is 12.1. The molecule has 2 rings (SSSR count). The number of hydrazine groups is 1. The summed E-state index contributed by atoms with van der Waals surface area (Å²) in [5.41, 5.74) is 10.6. The van der Waals surface area contributed by atoms with Gasteiger partial charge in [-0.05, 0) is 87.1 Å². The molecule has 212 valence electrons. The molecule has 1 heterocycles. The van der Waals surface area contributed by atoms with E-state index < -0.39 is 0 Å². The van der Waals surface area contributed by atoms with Crippen molar-refractivity contribution >= 4 is 11.6 Å². The molecular weight excluding hydrogens is 470 g/mol. The minimum atomic E-state index is -0.0898. The quantitative estimate of drug-likeness (QED) is 0.110. The van der Waals surface area contributed by atoms with Gasteiger partial charge in [-0.15, -0.1) is 0 Å². The normalized spacial score (nSPS) is 15.8. The number of allylic oxidation sites excluding steroid dienone is 5. The molecule has 0 aliphatic carbocycles. The van der Waals surface area contributed by atoms with Crippen molar-refractivity contribution in [2.45, 2.75) is 86.1 Å². The maximum Gasteiger partial charge on any atom is 0.251 e. The number of amides is 1. The Bertz CT molecular complexity index is 922. The second kappa shape index (κ2) is 20.9. The minimum Gasteiger partial charge on any atom is -0.397 e. The summed E-state index contributed by atoms with van der Waals surface area (Å²) < 4.78 is 0. The summed E-state index contributed by atoms with van der Waals surface area (Å²) in [4.78, 5) is 12.1. The van der Waals surface area contributed by atoms with Crippen LogP contribution in [0, 0.1) is 0 Å². The van der Waals surface area contributed by atoms with E-state index in [0.717, 1.165) is 30.0 Å². The SMILES string of the molecule is C=C/C=C(C(=C)/C(N)=C/N(N)c1ccc(C(=O)NCCCC)cc1)\C(C)=C/C.CC.CCC1CCCCN1. The van der Waals surface area contributed by atoms with E-state index in [1.165, 1.54) is 37.2 Å². The molecule has 1 aromatic carbocycles. The Morgan fingerprint density at radius 3 is 2.34 bits per heavy atom. The molecule has 6 N–H and O–H groups in total. The lowest BCUT2D eigenvalue weighted by Crippen LogP contribution is -2.32. The van der Waals surface area contributed by atoms with Crippen LogP contribution in [0.25, 0.3) is 0 Å². The van der Waals surface area contributed by atoms with Crippen LogP contribution in [-0.2, 0) is 0 Å². The molecular formula is C32H53N5O. The number of hydrogen-bond donors (Lipinski definition) is 4. The van der Waals surface area contributed by atoms with E-state index in [-0.39, 0.29) is 5.91 Å². The van der Waals surface area contributed by atoms with Crippen molar-refractivity contribution in [2.75, 3.05) is 18.1 Å². The Labute approximate surface area is 232 Å². The highest BCUT2D eigenvalue weighted by atomic mass is 16.1. The van der Waals surface area contributed by atoms with Crippen molar-refractivity contribution < 1.29 is 4.79 Å². The molecule has 1 aliphatic heterocycles. The van der Waals surface area contributed by atoms with Crippen LogP contribution in [0.2, 0.25) is 0 Å². The van der Waals surface area contributed by atoms with Gasteiger partial charge in [0.05, 0.1) is 11.4 Å². The topological polar surface area (TPSA) is 96.4 Å². The lowest BCUT2D eigenvalue weighted by atomic mass is 9.97. The zero-order valence-corrected chi connectivity index (χ0v) is 24.8. The maximum absolute atomic E-state index is 12.1. The lowest BCUT2D eigenvalue weighted by molar-refractivity contribution is 0.0953. The number of hydrogen-bond acceptors (Lipinski definition) is 5. The van der Waals surface area contributed by atoms with Crippen LogP contribution in [0.15, 0.2) is 84.3 Å². The fourth-order valence-electron chi connectivity index (χ4n) is 3.74. The third-order valence-corrected chi connectivity index (χ3v) is 6.24. The molecule has 6 nitrogen and oxygen atoms in total. The minimum absolute atomic E-state index is 0.0898. The molecule has 0 saturated carbocycles. The van der Waals surface area contributed by atoms with Gasteiger partial charge in [0.25, 0.3) is 5.91 Å². The number of piperidine rings is 1. The van der Waals surface area contributed by atoms with Gasteiger partial charge in [0.2, 0.25) is 0 Å². The van der Waals surface area contributed by atoms with Gasteiger partial charge in [-0.25, -0.2) is 5.84 Å². The van der Waals surface area contributed by atoms with Gasteiger partial charge in [0, 0.05) is 24.4 Å². The highest BCUT2D eigenvalue weighted by Crippen LogP contribution is 2.23. The summed E-state index contributed by atoms with van der Waals surface area (Å²) >= 11 is 0. The molecule has 1 aromatic rings. The largest absolute Gasteiger partial charge is 0.397 e. The molecule has 1 unspecified atom stereocenters. The number of nitrogens with zero attached hydrogens (tertiary/aromatic N) is 1. The third-order valence-electron chi connectivity index (χ3n) is 6.24. The number of nitrogens with two attached hydrogens (primary N) is 2. The van der Waals surface area contributed by atoms with E-state index in [1.807, 2.05) is 39.8 Å². The first-order valence-electron chi connectivity index (χ1n) is 14.1. The van der Waals surface area contributed by atoms with Crippen LogP contribution >= 0.6 is 0 Å².